The SMILES string of the molecule is CCN1CCN(CCN2CC[C@H](NC(=O)c3cc(Cl)c(N)cc3OC)[C@H](O)C2)C1=O. The number of methoxy groups -OCH3 is 1. The molecule has 2 aliphatic heterocycles. The zero-order valence-electron chi connectivity index (χ0n) is 17.4. The van der Waals surface area contributed by atoms with E-state index in [1.807, 2.05) is 16.7 Å². The van der Waals surface area contributed by atoms with Gasteiger partial charge in [-0.1, -0.05) is 11.6 Å². The first-order valence-corrected chi connectivity index (χ1v) is 10.6. The molecule has 166 valence electrons. The summed E-state index contributed by atoms with van der Waals surface area (Å²) in [4.78, 5) is 30.7. The van der Waals surface area contributed by atoms with E-state index in [0.29, 0.717) is 37.5 Å². The van der Waals surface area contributed by atoms with Gasteiger partial charge in [-0.25, -0.2) is 4.79 Å². The van der Waals surface area contributed by atoms with Crippen molar-refractivity contribution in [3.05, 3.63) is 22.7 Å². The van der Waals surface area contributed by atoms with Crippen LogP contribution >= 0.6 is 11.6 Å². The minimum atomic E-state index is -0.709. The van der Waals surface area contributed by atoms with Crippen molar-refractivity contribution in [2.75, 3.05) is 58.7 Å². The molecule has 2 atom stereocenters. The van der Waals surface area contributed by atoms with E-state index in [0.717, 1.165) is 26.2 Å². The van der Waals surface area contributed by atoms with Crippen LogP contribution in [0, 0.1) is 0 Å². The number of amides is 3. The van der Waals surface area contributed by atoms with Gasteiger partial charge >= 0.3 is 6.03 Å². The number of β-amino-alcohol motifs (C(OH)–C–C–N with tert-alkyl or cyclic N) is 1. The number of halogens is 1. The molecule has 1 aromatic rings. The van der Waals surface area contributed by atoms with Gasteiger partial charge in [-0.15, -0.1) is 0 Å². The minimum Gasteiger partial charge on any atom is -0.496 e. The van der Waals surface area contributed by atoms with Crippen molar-refractivity contribution in [1.29, 1.82) is 0 Å². The van der Waals surface area contributed by atoms with Crippen molar-refractivity contribution >= 4 is 29.2 Å². The third-order valence-corrected chi connectivity index (χ3v) is 6.12. The second kappa shape index (κ2) is 9.72. The highest BCUT2D eigenvalue weighted by Gasteiger charge is 2.31. The normalized spacial score (nSPS) is 22.5. The number of aliphatic hydroxyl groups excluding tert-OH is 1. The Bertz CT molecular complexity index is 793. The quantitative estimate of drug-likeness (QED) is 0.543. The lowest BCUT2D eigenvalue weighted by molar-refractivity contribution is 0.0359. The van der Waals surface area contributed by atoms with Gasteiger partial charge in [-0.2, -0.15) is 0 Å². The summed E-state index contributed by atoms with van der Waals surface area (Å²) in [7, 11) is 1.46. The molecule has 3 amide bonds. The first-order valence-electron chi connectivity index (χ1n) is 10.2. The molecule has 4 N–H and O–H groups in total. The fraction of sp³-hybridized carbons (Fsp3) is 0.600. The van der Waals surface area contributed by atoms with E-state index in [2.05, 4.69) is 10.2 Å². The van der Waals surface area contributed by atoms with Gasteiger partial charge in [0.2, 0.25) is 0 Å². The maximum atomic E-state index is 12.7. The first-order chi connectivity index (χ1) is 14.3. The van der Waals surface area contributed by atoms with Gasteiger partial charge in [0.25, 0.3) is 5.91 Å². The Kier molecular flexibility index (Phi) is 7.27. The molecule has 0 radical (unpaired) electrons. The van der Waals surface area contributed by atoms with Gasteiger partial charge < -0.3 is 30.7 Å². The number of hydrogen-bond donors (Lipinski definition) is 3. The van der Waals surface area contributed by atoms with Gasteiger partial charge in [-0.05, 0) is 19.4 Å². The molecule has 0 bridgehead atoms. The van der Waals surface area contributed by atoms with Crippen LogP contribution < -0.4 is 15.8 Å². The van der Waals surface area contributed by atoms with Gasteiger partial charge in [0.05, 0.1) is 35.5 Å². The van der Waals surface area contributed by atoms with Crippen LogP contribution in [0.4, 0.5) is 10.5 Å². The van der Waals surface area contributed by atoms with Crippen LogP contribution in [0.2, 0.25) is 5.02 Å². The number of urea groups is 1. The van der Waals surface area contributed by atoms with Crippen molar-refractivity contribution in [2.45, 2.75) is 25.5 Å². The summed E-state index contributed by atoms with van der Waals surface area (Å²) in [5.41, 5.74) is 6.38. The van der Waals surface area contributed by atoms with Crippen LogP contribution in [0.15, 0.2) is 12.1 Å². The molecule has 3 rings (SSSR count). The third kappa shape index (κ3) is 4.91. The molecule has 0 unspecified atom stereocenters. The highest BCUT2D eigenvalue weighted by atomic mass is 35.5. The zero-order chi connectivity index (χ0) is 21.8. The number of nitrogens with one attached hydrogen (secondary N) is 1. The Morgan fingerprint density at radius 2 is 2.03 bits per heavy atom. The number of carbonyl (C=O) groups excluding carboxylic acids is 2. The Hall–Kier alpha value is -2.23. The number of aliphatic hydroxyl groups is 1. The van der Waals surface area contributed by atoms with E-state index in [-0.39, 0.29) is 28.6 Å². The first kappa shape index (κ1) is 22.5. The number of nitrogens with two attached hydrogens (primary N) is 1. The molecule has 1 aromatic carbocycles. The highest BCUT2D eigenvalue weighted by Crippen LogP contribution is 2.29. The maximum Gasteiger partial charge on any atom is 0.320 e. The van der Waals surface area contributed by atoms with Crippen LogP contribution in [-0.4, -0.2) is 96.8 Å². The molecule has 30 heavy (non-hydrogen) atoms. The Morgan fingerprint density at radius 3 is 2.67 bits per heavy atom. The Morgan fingerprint density at radius 1 is 1.30 bits per heavy atom. The lowest BCUT2D eigenvalue weighted by atomic mass is 10.0. The highest BCUT2D eigenvalue weighted by molar-refractivity contribution is 6.33. The standard InChI is InChI=1S/C20H30ClN5O4/c1-3-25-8-9-26(20(25)29)7-6-24-5-4-16(17(27)12-24)23-19(28)13-10-14(21)15(22)11-18(13)30-2/h10-11,16-17,27H,3-9,12,22H2,1-2H3,(H,23,28)/t16-,17+/m0/s1. The fourth-order valence-electron chi connectivity index (χ4n) is 3.93. The second-order valence-corrected chi connectivity index (χ2v) is 8.07. The Balaban J connectivity index is 1.52. The average molecular weight is 440 g/mol. The van der Waals surface area contributed by atoms with Gasteiger partial charge in [-0.3, -0.25) is 9.69 Å². The number of anilines is 1. The smallest absolute Gasteiger partial charge is 0.320 e. The van der Waals surface area contributed by atoms with Gasteiger partial charge in [0.1, 0.15) is 5.75 Å². The second-order valence-electron chi connectivity index (χ2n) is 7.66. The van der Waals surface area contributed by atoms with Crippen molar-refractivity contribution in [3.63, 3.8) is 0 Å². The zero-order valence-corrected chi connectivity index (χ0v) is 18.2. The molecule has 0 aliphatic carbocycles. The van der Waals surface area contributed by atoms with E-state index in [1.165, 1.54) is 19.2 Å². The van der Waals surface area contributed by atoms with Crippen molar-refractivity contribution in [2.24, 2.45) is 0 Å². The molecule has 0 aromatic heterocycles. The number of rotatable bonds is 7. The summed E-state index contributed by atoms with van der Waals surface area (Å²) >= 11 is 6.05. The average Bonchev–Trinajstić information content (AvgIpc) is 3.09. The van der Waals surface area contributed by atoms with E-state index < -0.39 is 6.10 Å². The minimum absolute atomic E-state index is 0.0799. The number of hydrogen-bond acceptors (Lipinski definition) is 6. The lowest BCUT2D eigenvalue weighted by Gasteiger charge is -2.36. The number of ether oxygens (including phenoxy) is 1. The summed E-state index contributed by atoms with van der Waals surface area (Å²) in [5.74, 6) is -0.0358. The summed E-state index contributed by atoms with van der Waals surface area (Å²) in [5, 5.41) is 13.7. The molecule has 2 saturated heterocycles. The third-order valence-electron chi connectivity index (χ3n) is 5.79. The molecular formula is C20H30ClN5O4. The predicted octanol–water partition coefficient (Wildman–Crippen LogP) is 0.853. The molecule has 0 spiro atoms. The number of benzene rings is 1. The van der Waals surface area contributed by atoms with Crippen LogP contribution in [0.25, 0.3) is 0 Å². The summed E-state index contributed by atoms with van der Waals surface area (Å²) in [6, 6.07) is 2.68. The molecule has 0 saturated carbocycles. The number of piperidine rings is 1. The van der Waals surface area contributed by atoms with Crippen molar-refractivity contribution in [1.82, 2.24) is 20.0 Å². The maximum absolute atomic E-state index is 12.7. The van der Waals surface area contributed by atoms with E-state index >= 15 is 0 Å². The van der Waals surface area contributed by atoms with Crippen LogP contribution in [-0.2, 0) is 0 Å². The lowest BCUT2D eigenvalue weighted by Crippen LogP contribution is -2.55. The molecule has 2 aliphatic rings. The summed E-state index contributed by atoms with van der Waals surface area (Å²) in [6.07, 6.45) is -0.105. The van der Waals surface area contributed by atoms with Crippen LogP contribution in [0.1, 0.15) is 23.7 Å². The summed E-state index contributed by atoms with van der Waals surface area (Å²) < 4.78 is 5.23. The number of nitrogen functional groups attached to an aromatic ring is 1. The number of likely N-dealkylation sites (tertiary alicyclic amines) is 1. The summed E-state index contributed by atoms with van der Waals surface area (Å²) in [6.45, 7) is 6.71. The number of carbonyl (C=O) groups is 2. The van der Waals surface area contributed by atoms with Gasteiger partial charge in [0, 0.05) is 51.9 Å². The topological polar surface area (TPSA) is 111 Å². The number of likely N-dealkylation sites (N-methyl/N-ethyl adjacent to an activating group) is 1. The number of nitrogens with zero attached hydrogens (tertiary/aromatic N) is 3. The fourth-order valence-corrected chi connectivity index (χ4v) is 4.09. The van der Waals surface area contributed by atoms with Crippen LogP contribution in [0.5, 0.6) is 5.75 Å². The molecule has 9 nitrogen and oxygen atoms in total. The molecule has 2 fully saturated rings. The Labute approximate surface area is 181 Å². The van der Waals surface area contributed by atoms with E-state index in [9.17, 15) is 14.7 Å². The molecular weight excluding hydrogens is 410 g/mol. The molecule has 10 heteroatoms. The van der Waals surface area contributed by atoms with E-state index in [4.69, 9.17) is 22.1 Å². The van der Waals surface area contributed by atoms with Gasteiger partial charge in [0.15, 0.2) is 0 Å². The predicted molar refractivity (Wildman–Crippen MR) is 115 cm³/mol. The van der Waals surface area contributed by atoms with Crippen molar-refractivity contribution < 1.29 is 19.4 Å². The monoisotopic (exact) mass is 439 g/mol. The van der Waals surface area contributed by atoms with Crippen molar-refractivity contribution in [3.8, 4) is 5.75 Å². The molecule has 2 heterocycles. The largest absolute Gasteiger partial charge is 0.496 e. The van der Waals surface area contributed by atoms with Crippen LogP contribution in [0.3, 0.4) is 0 Å². The van der Waals surface area contributed by atoms with E-state index in [1.54, 1.807) is 0 Å².